The van der Waals surface area contributed by atoms with Crippen molar-refractivity contribution in [2.75, 3.05) is 12.4 Å². The van der Waals surface area contributed by atoms with Crippen LogP contribution in [0.15, 0.2) is 35.1 Å². The molecule has 0 radical (unpaired) electrons. The molecular formula is C13H13N3O5. The number of nitrogens with zero attached hydrogens (tertiary/aromatic N) is 1. The van der Waals surface area contributed by atoms with Crippen LogP contribution in [0.5, 0.6) is 5.75 Å². The molecule has 8 nitrogen and oxygen atoms in total. The van der Waals surface area contributed by atoms with Crippen LogP contribution in [-0.2, 0) is 6.54 Å². The van der Waals surface area contributed by atoms with E-state index in [2.05, 4.69) is 20.3 Å². The molecule has 1 aromatic heterocycles. The molecule has 0 aliphatic heterocycles. The number of anilines is 1. The average Bonchev–Trinajstić information content (AvgIpc) is 2.98. The number of amides is 2. The van der Waals surface area contributed by atoms with Gasteiger partial charge in [-0.3, -0.25) is 0 Å². The summed E-state index contributed by atoms with van der Waals surface area (Å²) in [6, 6.07) is 5.43. The van der Waals surface area contributed by atoms with E-state index in [1.54, 1.807) is 6.07 Å². The van der Waals surface area contributed by atoms with Crippen molar-refractivity contribution in [3.63, 3.8) is 0 Å². The summed E-state index contributed by atoms with van der Waals surface area (Å²) in [7, 11) is 1.36. The van der Waals surface area contributed by atoms with Crippen LogP contribution in [-0.4, -0.2) is 29.4 Å². The molecule has 3 N–H and O–H groups in total. The molecule has 21 heavy (non-hydrogen) atoms. The summed E-state index contributed by atoms with van der Waals surface area (Å²) < 4.78 is 9.61. The summed E-state index contributed by atoms with van der Waals surface area (Å²) in [5.74, 6) is -0.939. The first-order valence-corrected chi connectivity index (χ1v) is 5.95. The number of rotatable bonds is 5. The van der Waals surface area contributed by atoms with Gasteiger partial charge >= 0.3 is 12.0 Å². The van der Waals surface area contributed by atoms with Crippen molar-refractivity contribution in [3.8, 4) is 5.75 Å². The maximum Gasteiger partial charge on any atom is 0.339 e. The first-order chi connectivity index (χ1) is 10.1. The van der Waals surface area contributed by atoms with Crippen molar-refractivity contribution < 1.29 is 24.0 Å². The van der Waals surface area contributed by atoms with Gasteiger partial charge in [-0.25, -0.2) is 9.59 Å². The minimum atomic E-state index is -1.10. The Morgan fingerprint density at radius 2 is 2.19 bits per heavy atom. The van der Waals surface area contributed by atoms with Crippen LogP contribution >= 0.6 is 0 Å². The monoisotopic (exact) mass is 291 g/mol. The fourth-order valence-corrected chi connectivity index (χ4v) is 1.62. The van der Waals surface area contributed by atoms with Gasteiger partial charge in [0.2, 0.25) is 0 Å². The molecule has 1 heterocycles. The minimum Gasteiger partial charge on any atom is -0.496 e. The molecule has 0 unspecified atom stereocenters. The number of aromatic nitrogens is 1. The number of hydrogen-bond acceptors (Lipinski definition) is 5. The predicted octanol–water partition coefficient (Wildman–Crippen LogP) is 1.70. The summed E-state index contributed by atoms with van der Waals surface area (Å²) in [5, 5.41) is 17.8. The van der Waals surface area contributed by atoms with Crippen LogP contribution in [0.3, 0.4) is 0 Å². The number of hydrogen-bond donors (Lipinski definition) is 3. The number of ether oxygens (including phenoxy) is 1. The molecule has 0 aliphatic carbocycles. The van der Waals surface area contributed by atoms with E-state index in [1.165, 1.54) is 31.6 Å². The van der Waals surface area contributed by atoms with E-state index in [-0.39, 0.29) is 17.9 Å². The molecule has 2 amide bonds. The summed E-state index contributed by atoms with van der Waals surface area (Å²) in [6.07, 6.45) is 1.41. The second kappa shape index (κ2) is 6.42. The van der Waals surface area contributed by atoms with Gasteiger partial charge in [0.25, 0.3) is 0 Å². The van der Waals surface area contributed by atoms with Crippen molar-refractivity contribution in [2.24, 2.45) is 0 Å². The lowest BCUT2D eigenvalue weighted by atomic mass is 10.2. The number of urea groups is 1. The fraction of sp³-hybridized carbons (Fsp3) is 0.154. The third kappa shape index (κ3) is 3.72. The van der Waals surface area contributed by atoms with Gasteiger partial charge in [0.1, 0.15) is 23.3 Å². The quantitative estimate of drug-likeness (QED) is 0.772. The Labute approximate surface area is 119 Å². The molecule has 0 saturated heterocycles. The van der Waals surface area contributed by atoms with Crippen molar-refractivity contribution >= 4 is 17.7 Å². The molecule has 0 fully saturated rings. The van der Waals surface area contributed by atoms with Crippen LogP contribution in [0.4, 0.5) is 10.5 Å². The van der Waals surface area contributed by atoms with Gasteiger partial charge < -0.3 is 25.0 Å². The van der Waals surface area contributed by atoms with E-state index < -0.39 is 12.0 Å². The zero-order valence-electron chi connectivity index (χ0n) is 11.1. The third-order valence-electron chi connectivity index (χ3n) is 2.61. The van der Waals surface area contributed by atoms with Crippen molar-refractivity contribution in [2.45, 2.75) is 6.54 Å². The predicted molar refractivity (Wildman–Crippen MR) is 72.3 cm³/mol. The lowest BCUT2D eigenvalue weighted by Gasteiger charge is -2.09. The molecule has 110 valence electrons. The Hall–Kier alpha value is -3.03. The number of aromatic carboxylic acids is 1. The summed E-state index contributed by atoms with van der Waals surface area (Å²) in [4.78, 5) is 22.6. The Kier molecular flexibility index (Phi) is 4.39. The van der Waals surface area contributed by atoms with Gasteiger partial charge in [0, 0.05) is 17.8 Å². The van der Waals surface area contributed by atoms with Crippen LogP contribution < -0.4 is 15.4 Å². The Balaban J connectivity index is 1.99. The SMILES string of the molecule is COc1cc(NC(=O)NCc2ccon2)ccc1C(=O)O. The highest BCUT2D eigenvalue weighted by molar-refractivity contribution is 5.94. The van der Waals surface area contributed by atoms with E-state index >= 15 is 0 Å². The molecule has 1 aromatic carbocycles. The van der Waals surface area contributed by atoms with Crippen molar-refractivity contribution in [3.05, 3.63) is 41.8 Å². The topological polar surface area (TPSA) is 114 Å². The van der Waals surface area contributed by atoms with Crippen LogP contribution in [0.1, 0.15) is 16.1 Å². The second-order valence-corrected chi connectivity index (χ2v) is 4.02. The number of carbonyl (C=O) groups is 2. The average molecular weight is 291 g/mol. The summed E-state index contributed by atoms with van der Waals surface area (Å²) in [5.41, 5.74) is 1.02. The number of carbonyl (C=O) groups excluding carboxylic acids is 1. The lowest BCUT2D eigenvalue weighted by Crippen LogP contribution is -2.28. The molecule has 0 atom stereocenters. The van der Waals surface area contributed by atoms with Crippen molar-refractivity contribution in [1.29, 1.82) is 0 Å². The van der Waals surface area contributed by atoms with E-state index in [9.17, 15) is 9.59 Å². The zero-order valence-corrected chi connectivity index (χ0v) is 11.1. The maximum absolute atomic E-state index is 11.7. The lowest BCUT2D eigenvalue weighted by molar-refractivity contribution is 0.0693. The Bertz CT molecular complexity index is 639. The van der Waals surface area contributed by atoms with Gasteiger partial charge in [-0.15, -0.1) is 0 Å². The maximum atomic E-state index is 11.7. The molecule has 0 spiro atoms. The largest absolute Gasteiger partial charge is 0.496 e. The molecule has 2 rings (SSSR count). The number of carboxylic acids is 1. The second-order valence-electron chi connectivity index (χ2n) is 4.02. The smallest absolute Gasteiger partial charge is 0.339 e. The normalized spacial score (nSPS) is 9.95. The van der Waals surface area contributed by atoms with Crippen molar-refractivity contribution in [1.82, 2.24) is 10.5 Å². The van der Waals surface area contributed by atoms with Gasteiger partial charge in [-0.1, -0.05) is 5.16 Å². The fourth-order valence-electron chi connectivity index (χ4n) is 1.62. The number of carboxylic acid groups (broad SMARTS) is 1. The zero-order chi connectivity index (χ0) is 15.2. The van der Waals surface area contributed by atoms with Gasteiger partial charge in [-0.05, 0) is 12.1 Å². The third-order valence-corrected chi connectivity index (χ3v) is 2.61. The highest BCUT2D eigenvalue weighted by Gasteiger charge is 2.12. The number of methoxy groups -OCH3 is 1. The van der Waals surface area contributed by atoms with Gasteiger partial charge in [0.15, 0.2) is 0 Å². The van der Waals surface area contributed by atoms with Crippen LogP contribution in [0.2, 0.25) is 0 Å². The minimum absolute atomic E-state index is 0.0195. The van der Waals surface area contributed by atoms with E-state index in [0.29, 0.717) is 11.4 Å². The highest BCUT2D eigenvalue weighted by atomic mass is 16.5. The number of nitrogens with one attached hydrogen (secondary N) is 2. The van der Waals surface area contributed by atoms with Crippen LogP contribution in [0.25, 0.3) is 0 Å². The number of benzene rings is 1. The summed E-state index contributed by atoms with van der Waals surface area (Å²) in [6.45, 7) is 0.215. The molecular weight excluding hydrogens is 278 g/mol. The first kappa shape index (κ1) is 14.4. The van der Waals surface area contributed by atoms with Gasteiger partial charge in [-0.2, -0.15) is 0 Å². The Morgan fingerprint density at radius 1 is 1.38 bits per heavy atom. The van der Waals surface area contributed by atoms with Crippen LogP contribution in [0, 0.1) is 0 Å². The highest BCUT2D eigenvalue weighted by Crippen LogP contribution is 2.23. The standard InChI is InChI=1S/C13H13N3O5/c1-20-11-6-8(2-3-10(11)12(17)18)15-13(19)14-7-9-4-5-21-16-9/h2-6H,7H2,1H3,(H,17,18)(H2,14,15,19). The molecule has 0 bridgehead atoms. The molecule has 0 aliphatic rings. The molecule has 8 heteroatoms. The van der Waals surface area contributed by atoms with E-state index in [1.807, 2.05) is 0 Å². The van der Waals surface area contributed by atoms with E-state index in [0.717, 1.165) is 0 Å². The Morgan fingerprint density at radius 3 is 2.81 bits per heavy atom. The van der Waals surface area contributed by atoms with Gasteiger partial charge in [0.05, 0.1) is 13.7 Å². The molecule has 2 aromatic rings. The summed E-state index contributed by atoms with van der Waals surface area (Å²) >= 11 is 0. The van der Waals surface area contributed by atoms with E-state index in [4.69, 9.17) is 9.84 Å². The first-order valence-electron chi connectivity index (χ1n) is 5.95. The molecule has 0 saturated carbocycles.